The van der Waals surface area contributed by atoms with Crippen LogP contribution in [0.25, 0.3) is 0 Å². The van der Waals surface area contributed by atoms with Crippen LogP contribution < -0.4 is 5.73 Å². The van der Waals surface area contributed by atoms with Gasteiger partial charge in [-0.15, -0.1) is 0 Å². The Morgan fingerprint density at radius 2 is 1.92 bits per heavy atom. The number of carbonyl (C=O) groups is 2. The molecule has 0 aliphatic carbocycles. The first-order chi connectivity index (χ1) is 11.9. The Morgan fingerprint density at radius 1 is 1.20 bits per heavy atom. The summed E-state index contributed by atoms with van der Waals surface area (Å²) >= 11 is 0. The van der Waals surface area contributed by atoms with Gasteiger partial charge in [0.25, 0.3) is 0 Å². The van der Waals surface area contributed by atoms with Crippen LogP contribution in [0.3, 0.4) is 0 Å². The van der Waals surface area contributed by atoms with Crippen molar-refractivity contribution in [1.82, 2.24) is 9.80 Å². The number of carbonyl (C=O) groups excluding carboxylic acids is 2. The van der Waals surface area contributed by atoms with Gasteiger partial charge in [-0.25, -0.2) is 8.78 Å². The summed E-state index contributed by atoms with van der Waals surface area (Å²) in [5.41, 5.74) is 4.82. The Labute approximate surface area is 144 Å². The van der Waals surface area contributed by atoms with Crippen molar-refractivity contribution in [1.29, 1.82) is 0 Å². The van der Waals surface area contributed by atoms with Crippen molar-refractivity contribution in [3.05, 3.63) is 35.4 Å². The normalized spacial score (nSPS) is 24.5. The van der Waals surface area contributed by atoms with Crippen LogP contribution in [0, 0.1) is 11.6 Å². The zero-order chi connectivity index (χ0) is 18.0. The fourth-order valence-electron chi connectivity index (χ4n) is 3.50. The average Bonchev–Trinajstić information content (AvgIpc) is 3.10. The van der Waals surface area contributed by atoms with Crippen molar-refractivity contribution in [3.8, 4) is 0 Å². The highest BCUT2D eigenvalue weighted by molar-refractivity contribution is 5.85. The first-order valence-electron chi connectivity index (χ1n) is 8.27. The van der Waals surface area contributed by atoms with Crippen LogP contribution in [-0.2, 0) is 20.7 Å². The Kier molecular flexibility index (Phi) is 5.01. The number of ether oxygens (including phenoxy) is 1. The van der Waals surface area contributed by atoms with Gasteiger partial charge in [0.05, 0.1) is 13.0 Å². The number of amides is 2. The summed E-state index contributed by atoms with van der Waals surface area (Å²) in [7, 11) is 0. The zero-order valence-electron chi connectivity index (χ0n) is 13.8. The van der Waals surface area contributed by atoms with Crippen LogP contribution in [0.2, 0.25) is 0 Å². The van der Waals surface area contributed by atoms with Gasteiger partial charge >= 0.3 is 0 Å². The van der Waals surface area contributed by atoms with Crippen molar-refractivity contribution >= 4 is 11.8 Å². The predicted octanol–water partition coefficient (Wildman–Crippen LogP) is 0.296. The minimum absolute atomic E-state index is 0.0465. The van der Waals surface area contributed by atoms with Crippen molar-refractivity contribution in [2.75, 3.05) is 39.4 Å². The number of nitrogens with zero attached hydrogens (tertiary/aromatic N) is 2. The quantitative estimate of drug-likeness (QED) is 0.845. The van der Waals surface area contributed by atoms with Gasteiger partial charge in [0.2, 0.25) is 11.8 Å². The highest BCUT2D eigenvalue weighted by Gasteiger charge is 2.47. The van der Waals surface area contributed by atoms with E-state index in [2.05, 4.69) is 0 Å². The molecule has 136 valence electrons. The maximum atomic E-state index is 13.7. The van der Waals surface area contributed by atoms with E-state index in [1.54, 1.807) is 4.90 Å². The summed E-state index contributed by atoms with van der Waals surface area (Å²) in [5.74, 6) is -2.61. The van der Waals surface area contributed by atoms with E-state index in [9.17, 15) is 18.4 Å². The molecular formula is C17H21F2N3O3. The number of nitrogens with two attached hydrogens (primary N) is 1. The molecule has 2 aliphatic rings. The lowest BCUT2D eigenvalue weighted by Crippen LogP contribution is -2.63. The van der Waals surface area contributed by atoms with E-state index in [0.717, 1.165) is 6.07 Å². The number of benzene rings is 1. The molecule has 6 nitrogen and oxygen atoms in total. The number of piperazine rings is 1. The van der Waals surface area contributed by atoms with Gasteiger partial charge in [0.1, 0.15) is 5.54 Å². The fraction of sp³-hybridized carbons (Fsp3) is 0.529. The third kappa shape index (κ3) is 3.36. The van der Waals surface area contributed by atoms with Crippen molar-refractivity contribution in [2.24, 2.45) is 5.73 Å². The molecule has 1 unspecified atom stereocenters. The van der Waals surface area contributed by atoms with Crippen LogP contribution in [0.5, 0.6) is 0 Å². The van der Waals surface area contributed by atoms with Crippen LogP contribution in [0.15, 0.2) is 18.2 Å². The number of rotatable bonds is 4. The molecule has 0 bridgehead atoms. The van der Waals surface area contributed by atoms with Crippen molar-refractivity contribution in [3.63, 3.8) is 0 Å². The minimum atomic E-state index is -0.981. The van der Waals surface area contributed by atoms with Gasteiger partial charge in [-0.1, -0.05) is 12.1 Å². The molecule has 0 aromatic heterocycles. The number of primary amides is 1. The first-order valence-corrected chi connectivity index (χ1v) is 8.27. The van der Waals surface area contributed by atoms with Gasteiger partial charge in [-0.3, -0.25) is 14.5 Å². The van der Waals surface area contributed by atoms with Gasteiger partial charge in [-0.05, 0) is 6.07 Å². The van der Waals surface area contributed by atoms with E-state index < -0.39 is 23.1 Å². The second kappa shape index (κ2) is 7.05. The Morgan fingerprint density at radius 3 is 2.52 bits per heavy atom. The molecule has 2 amide bonds. The molecule has 1 atom stereocenters. The van der Waals surface area contributed by atoms with Gasteiger partial charge in [0, 0.05) is 44.8 Å². The molecule has 2 aliphatic heterocycles. The Bertz CT molecular complexity index is 669. The lowest BCUT2D eigenvalue weighted by Gasteiger charge is -2.43. The number of hydrogen-bond acceptors (Lipinski definition) is 4. The summed E-state index contributed by atoms with van der Waals surface area (Å²) in [6, 6.07) is 3.81. The van der Waals surface area contributed by atoms with E-state index >= 15 is 0 Å². The van der Waals surface area contributed by atoms with Gasteiger partial charge in [0.15, 0.2) is 11.6 Å². The van der Waals surface area contributed by atoms with Crippen LogP contribution >= 0.6 is 0 Å². The lowest BCUT2D eigenvalue weighted by molar-refractivity contribution is -0.137. The molecule has 2 saturated heterocycles. The maximum absolute atomic E-state index is 13.7. The van der Waals surface area contributed by atoms with E-state index in [-0.39, 0.29) is 24.5 Å². The molecule has 0 radical (unpaired) electrons. The summed E-state index contributed by atoms with van der Waals surface area (Å²) in [5, 5.41) is 0. The zero-order valence-corrected chi connectivity index (χ0v) is 13.8. The molecule has 1 aromatic carbocycles. The molecule has 2 heterocycles. The van der Waals surface area contributed by atoms with E-state index in [0.29, 0.717) is 39.2 Å². The third-order valence-corrected chi connectivity index (χ3v) is 5.07. The molecule has 8 heteroatoms. The van der Waals surface area contributed by atoms with Crippen LogP contribution in [-0.4, -0.2) is 66.5 Å². The third-order valence-electron chi connectivity index (χ3n) is 5.07. The molecule has 2 N–H and O–H groups in total. The molecule has 0 saturated carbocycles. The summed E-state index contributed by atoms with van der Waals surface area (Å²) in [4.78, 5) is 27.8. The first kappa shape index (κ1) is 17.8. The molecule has 0 spiro atoms. The van der Waals surface area contributed by atoms with E-state index in [4.69, 9.17) is 10.5 Å². The number of halogens is 2. The standard InChI is InChI=1S/C17H21F2N3O3/c18-13-3-1-2-12(15(13)19)10-14(23)21-5-7-22(8-6-21)17(16(20)24)4-9-25-11-17/h1-3H,4-11H2,(H2,20,24). The molecule has 25 heavy (non-hydrogen) atoms. The van der Waals surface area contributed by atoms with Gasteiger partial charge < -0.3 is 15.4 Å². The van der Waals surface area contributed by atoms with Crippen LogP contribution in [0.4, 0.5) is 8.78 Å². The SMILES string of the molecule is NC(=O)C1(N2CCN(C(=O)Cc3cccc(F)c3F)CC2)CCOC1. The molecule has 1 aromatic rings. The largest absolute Gasteiger partial charge is 0.379 e. The van der Waals surface area contributed by atoms with Crippen LogP contribution in [0.1, 0.15) is 12.0 Å². The summed E-state index contributed by atoms with van der Waals surface area (Å²) < 4.78 is 32.3. The highest BCUT2D eigenvalue weighted by Crippen LogP contribution is 2.27. The summed E-state index contributed by atoms with van der Waals surface area (Å²) in [6.07, 6.45) is 0.360. The minimum Gasteiger partial charge on any atom is -0.379 e. The Balaban J connectivity index is 1.61. The second-order valence-electron chi connectivity index (χ2n) is 6.46. The molecular weight excluding hydrogens is 332 g/mol. The van der Waals surface area contributed by atoms with E-state index in [1.807, 2.05) is 4.90 Å². The van der Waals surface area contributed by atoms with Gasteiger partial charge in [-0.2, -0.15) is 0 Å². The van der Waals surface area contributed by atoms with Crippen molar-refractivity contribution < 1.29 is 23.1 Å². The second-order valence-corrected chi connectivity index (χ2v) is 6.46. The topological polar surface area (TPSA) is 75.9 Å². The molecule has 2 fully saturated rings. The number of hydrogen-bond donors (Lipinski definition) is 1. The average molecular weight is 353 g/mol. The highest BCUT2D eigenvalue weighted by atomic mass is 19.2. The Hall–Kier alpha value is -2.06. The fourth-order valence-corrected chi connectivity index (χ4v) is 3.50. The maximum Gasteiger partial charge on any atom is 0.240 e. The van der Waals surface area contributed by atoms with E-state index in [1.165, 1.54) is 12.1 Å². The smallest absolute Gasteiger partial charge is 0.240 e. The lowest BCUT2D eigenvalue weighted by atomic mass is 9.94. The molecule has 3 rings (SSSR count). The monoisotopic (exact) mass is 353 g/mol. The van der Waals surface area contributed by atoms with Crippen molar-refractivity contribution in [2.45, 2.75) is 18.4 Å². The predicted molar refractivity (Wildman–Crippen MR) is 85.6 cm³/mol. The summed E-state index contributed by atoms with van der Waals surface area (Å²) in [6.45, 7) is 2.55.